The predicted molar refractivity (Wildman–Crippen MR) is 123 cm³/mol. The highest BCUT2D eigenvalue weighted by Gasteiger charge is 2.49. The number of carbonyl (C=O) groups is 1. The minimum atomic E-state index is -1.62. The van der Waals surface area contributed by atoms with Crippen LogP contribution >= 0.6 is 0 Å². The van der Waals surface area contributed by atoms with E-state index in [1.165, 1.54) is 12.3 Å². The van der Waals surface area contributed by atoms with Gasteiger partial charge in [-0.1, -0.05) is 12.1 Å². The van der Waals surface area contributed by atoms with Crippen molar-refractivity contribution in [1.29, 1.82) is 0 Å². The number of hydrogen-bond acceptors (Lipinski definition) is 11. The van der Waals surface area contributed by atoms with Crippen LogP contribution < -0.4 is 4.74 Å². The lowest BCUT2D eigenvalue weighted by Crippen LogP contribution is -2.60. The maximum Gasteiger partial charge on any atom is 0.331 e. The Labute approximate surface area is 207 Å². The molecule has 0 aromatic heterocycles. The largest absolute Gasteiger partial charge is 0.497 e. The normalized spacial score (nSPS) is 35.7. The van der Waals surface area contributed by atoms with Crippen LogP contribution in [0.3, 0.4) is 0 Å². The van der Waals surface area contributed by atoms with Crippen LogP contribution in [0.5, 0.6) is 5.75 Å². The Kier molecular flexibility index (Phi) is 8.42. The Balaban J connectivity index is 1.43. The van der Waals surface area contributed by atoms with E-state index in [0.29, 0.717) is 11.3 Å². The van der Waals surface area contributed by atoms with E-state index in [9.17, 15) is 30.3 Å². The van der Waals surface area contributed by atoms with Gasteiger partial charge in [0, 0.05) is 12.0 Å². The van der Waals surface area contributed by atoms with E-state index in [4.69, 9.17) is 23.7 Å². The van der Waals surface area contributed by atoms with E-state index in [1.54, 1.807) is 49.6 Å². The number of ether oxygens (including phenoxy) is 5. The average molecular weight is 507 g/mol. The Morgan fingerprint density at radius 1 is 1.06 bits per heavy atom. The van der Waals surface area contributed by atoms with Crippen molar-refractivity contribution < 1.29 is 54.0 Å². The van der Waals surface area contributed by atoms with E-state index in [1.807, 2.05) is 0 Å². The molecule has 1 aliphatic carbocycles. The summed E-state index contributed by atoms with van der Waals surface area (Å²) in [6.07, 6.45) is -1.55. The summed E-state index contributed by atoms with van der Waals surface area (Å²) in [6, 6.07) is 7.12. The number of rotatable bonds is 8. The first-order chi connectivity index (χ1) is 17.4. The molecule has 0 saturated carbocycles. The molecule has 2 aliphatic heterocycles. The maximum atomic E-state index is 12.5. The van der Waals surface area contributed by atoms with Crippen LogP contribution in [-0.4, -0.2) is 94.9 Å². The fraction of sp³-hybridized carbons (Fsp3) is 0.480. The average Bonchev–Trinajstić information content (AvgIpc) is 3.26. The van der Waals surface area contributed by atoms with E-state index < -0.39 is 67.5 Å². The zero-order valence-corrected chi connectivity index (χ0v) is 19.5. The molecule has 11 heteroatoms. The molecule has 2 heterocycles. The predicted octanol–water partition coefficient (Wildman–Crippen LogP) is -0.529. The second kappa shape index (κ2) is 11.5. The molecule has 0 spiro atoms. The minimum absolute atomic E-state index is 0.358. The highest BCUT2D eigenvalue weighted by molar-refractivity contribution is 5.87. The molecule has 9 unspecified atom stereocenters. The molecule has 1 saturated heterocycles. The smallest absolute Gasteiger partial charge is 0.331 e. The summed E-state index contributed by atoms with van der Waals surface area (Å²) in [4.78, 5) is 12.5. The Morgan fingerprint density at radius 2 is 1.81 bits per heavy atom. The van der Waals surface area contributed by atoms with Gasteiger partial charge in [0.1, 0.15) is 36.3 Å². The Morgan fingerprint density at radius 3 is 2.47 bits per heavy atom. The number of aliphatic hydroxyl groups is 5. The van der Waals surface area contributed by atoms with Crippen LogP contribution in [0, 0.1) is 11.8 Å². The first-order valence-electron chi connectivity index (χ1n) is 11.5. The summed E-state index contributed by atoms with van der Waals surface area (Å²) in [7, 11) is 1.56. The molecule has 0 radical (unpaired) electrons. The van der Waals surface area contributed by atoms with Gasteiger partial charge in [0.25, 0.3) is 0 Å². The maximum absolute atomic E-state index is 12.5. The van der Waals surface area contributed by atoms with Gasteiger partial charge < -0.3 is 49.2 Å². The second-order valence-electron chi connectivity index (χ2n) is 8.68. The second-order valence-corrected chi connectivity index (χ2v) is 8.68. The van der Waals surface area contributed by atoms with Crippen molar-refractivity contribution in [2.75, 3.05) is 20.3 Å². The van der Waals surface area contributed by atoms with Gasteiger partial charge in [0.15, 0.2) is 6.29 Å². The third-order valence-electron chi connectivity index (χ3n) is 6.49. The van der Waals surface area contributed by atoms with Crippen LogP contribution in [0.15, 0.2) is 54.3 Å². The number of esters is 1. The first-order valence-corrected chi connectivity index (χ1v) is 11.5. The topological polar surface area (TPSA) is 164 Å². The number of hydrogen-bond donors (Lipinski definition) is 5. The molecule has 36 heavy (non-hydrogen) atoms. The van der Waals surface area contributed by atoms with Gasteiger partial charge in [-0.15, -0.1) is 0 Å². The lowest BCUT2D eigenvalue weighted by atomic mass is 9.88. The van der Waals surface area contributed by atoms with E-state index in [0.717, 1.165) is 5.56 Å². The number of fused-ring (bicyclic) bond motifs is 1. The van der Waals surface area contributed by atoms with Gasteiger partial charge in [-0.2, -0.15) is 0 Å². The summed E-state index contributed by atoms with van der Waals surface area (Å²) in [5.74, 6) is -0.915. The highest BCUT2D eigenvalue weighted by atomic mass is 16.8. The molecule has 11 nitrogen and oxygen atoms in total. The summed E-state index contributed by atoms with van der Waals surface area (Å²) < 4.78 is 27.5. The molecular weight excluding hydrogens is 476 g/mol. The summed E-state index contributed by atoms with van der Waals surface area (Å²) in [5, 5.41) is 49.6. The molecule has 3 aliphatic rings. The molecule has 1 fully saturated rings. The van der Waals surface area contributed by atoms with Gasteiger partial charge in [-0.25, -0.2) is 4.79 Å². The zero-order valence-electron chi connectivity index (χ0n) is 19.5. The third-order valence-corrected chi connectivity index (χ3v) is 6.49. The summed E-state index contributed by atoms with van der Waals surface area (Å²) in [5.41, 5.74) is 1.28. The summed E-state index contributed by atoms with van der Waals surface area (Å²) in [6.45, 7) is -0.963. The van der Waals surface area contributed by atoms with Gasteiger partial charge in [-0.05, 0) is 41.5 Å². The standard InChI is InChI=1S/C25H30O11/c1-32-15-5-2-13(3-6-15)4-7-19(28)34-17-10-14(11-26)20-16(17)8-9-33-24(20)36-25-23(31)22(30)21(29)18(12-27)35-25/h2-10,16-18,20-27,29-31H,11-12H2,1H3. The molecule has 1 aromatic rings. The number of methoxy groups -OCH3 is 1. The Hall–Kier alpha value is -2.77. The van der Waals surface area contributed by atoms with Crippen LogP contribution in [0.2, 0.25) is 0 Å². The SMILES string of the molecule is COc1ccc(C=CC(=O)OC2C=C(CO)C3C(OC4OC(CO)C(O)C(O)C4O)OC=CC23)cc1. The molecule has 196 valence electrons. The Bertz CT molecular complexity index is 986. The minimum Gasteiger partial charge on any atom is -0.497 e. The van der Waals surface area contributed by atoms with Crippen LogP contribution in [0.1, 0.15) is 5.56 Å². The van der Waals surface area contributed by atoms with Gasteiger partial charge in [-0.3, -0.25) is 0 Å². The molecule has 0 amide bonds. The lowest BCUT2D eigenvalue weighted by molar-refractivity contribution is -0.339. The van der Waals surface area contributed by atoms with Gasteiger partial charge >= 0.3 is 5.97 Å². The zero-order chi connectivity index (χ0) is 25.8. The van der Waals surface area contributed by atoms with Crippen molar-refractivity contribution in [3.8, 4) is 5.75 Å². The van der Waals surface area contributed by atoms with Gasteiger partial charge in [0.2, 0.25) is 6.29 Å². The summed E-state index contributed by atoms with van der Waals surface area (Å²) >= 11 is 0. The van der Waals surface area contributed by atoms with Crippen LogP contribution in [0.25, 0.3) is 6.08 Å². The van der Waals surface area contributed by atoms with Crippen molar-refractivity contribution in [2.24, 2.45) is 11.8 Å². The fourth-order valence-corrected chi connectivity index (χ4v) is 4.52. The molecular formula is C25H30O11. The van der Waals surface area contributed by atoms with Crippen molar-refractivity contribution >= 4 is 12.0 Å². The van der Waals surface area contributed by atoms with Gasteiger partial charge in [0.05, 0.1) is 32.5 Å². The van der Waals surface area contributed by atoms with Crippen LogP contribution in [-0.2, 0) is 23.7 Å². The molecule has 9 atom stereocenters. The van der Waals surface area contributed by atoms with E-state index in [-0.39, 0.29) is 6.61 Å². The van der Waals surface area contributed by atoms with E-state index in [2.05, 4.69) is 0 Å². The fourth-order valence-electron chi connectivity index (χ4n) is 4.52. The number of benzene rings is 1. The first kappa shape index (κ1) is 26.3. The monoisotopic (exact) mass is 506 g/mol. The van der Waals surface area contributed by atoms with Crippen molar-refractivity contribution in [1.82, 2.24) is 0 Å². The lowest BCUT2D eigenvalue weighted by Gasteiger charge is -2.42. The molecule has 4 rings (SSSR count). The molecule has 0 bridgehead atoms. The van der Waals surface area contributed by atoms with Crippen LogP contribution in [0.4, 0.5) is 0 Å². The number of aliphatic hydroxyl groups excluding tert-OH is 5. The number of carbonyl (C=O) groups excluding carboxylic acids is 1. The third kappa shape index (κ3) is 5.47. The molecule has 1 aromatic carbocycles. The van der Waals surface area contributed by atoms with Crippen molar-refractivity contribution in [3.63, 3.8) is 0 Å². The van der Waals surface area contributed by atoms with Crippen molar-refractivity contribution in [2.45, 2.75) is 43.1 Å². The van der Waals surface area contributed by atoms with E-state index >= 15 is 0 Å². The molecule has 5 N–H and O–H groups in total. The quantitative estimate of drug-likeness (QED) is 0.175. The highest BCUT2D eigenvalue weighted by Crippen LogP contribution is 2.42. The van der Waals surface area contributed by atoms with Crippen molar-refractivity contribution in [3.05, 3.63) is 59.9 Å².